The van der Waals surface area contributed by atoms with Crippen LogP contribution in [0.4, 0.5) is 5.69 Å². The smallest absolute Gasteiger partial charge is 0.294 e. The largest absolute Gasteiger partial charge is 0.351 e. The fourth-order valence-corrected chi connectivity index (χ4v) is 2.40. The van der Waals surface area contributed by atoms with Crippen LogP contribution in [-0.4, -0.2) is 20.4 Å². The van der Waals surface area contributed by atoms with Gasteiger partial charge in [0.1, 0.15) is 5.65 Å². The maximum atomic E-state index is 12.2. The number of amides is 1. The average molecular weight is 304 g/mol. The quantitative estimate of drug-likeness (QED) is 0.630. The van der Waals surface area contributed by atoms with E-state index in [2.05, 4.69) is 15.5 Å². The Morgan fingerprint density at radius 2 is 1.96 bits per heavy atom. The van der Waals surface area contributed by atoms with Crippen LogP contribution in [0.25, 0.3) is 16.9 Å². The fourth-order valence-electron chi connectivity index (χ4n) is 2.40. The molecule has 23 heavy (non-hydrogen) atoms. The molecule has 0 aliphatic carbocycles. The number of nitrogens with zero attached hydrogens (tertiary/aromatic N) is 3. The molecule has 1 amide bonds. The summed E-state index contributed by atoms with van der Waals surface area (Å²) in [7, 11) is 0. The first-order valence-electron chi connectivity index (χ1n) is 7.06. The summed E-state index contributed by atoms with van der Waals surface area (Å²) in [5.41, 5.74) is 3.13. The predicted octanol–water partition coefficient (Wildman–Crippen LogP) is 3.24. The van der Waals surface area contributed by atoms with E-state index < -0.39 is 0 Å². The van der Waals surface area contributed by atoms with Crippen LogP contribution in [0.5, 0.6) is 0 Å². The minimum absolute atomic E-state index is 0.162. The van der Waals surface area contributed by atoms with E-state index in [4.69, 9.17) is 4.52 Å². The number of pyridine rings is 1. The number of aromatic nitrogens is 3. The molecule has 3 heterocycles. The Balaban J connectivity index is 1.73. The highest BCUT2D eigenvalue weighted by Gasteiger charge is 2.14. The second kappa shape index (κ2) is 5.42. The van der Waals surface area contributed by atoms with Gasteiger partial charge in [-0.1, -0.05) is 29.4 Å². The van der Waals surface area contributed by atoms with Crippen molar-refractivity contribution in [2.45, 2.75) is 0 Å². The Morgan fingerprint density at radius 3 is 2.78 bits per heavy atom. The van der Waals surface area contributed by atoms with E-state index in [-0.39, 0.29) is 11.7 Å². The van der Waals surface area contributed by atoms with Crippen molar-refractivity contribution < 1.29 is 9.32 Å². The van der Waals surface area contributed by atoms with Crippen molar-refractivity contribution in [2.24, 2.45) is 0 Å². The molecular weight excluding hydrogens is 292 g/mol. The number of hydrogen-bond acceptors (Lipinski definition) is 4. The molecule has 112 valence electrons. The van der Waals surface area contributed by atoms with Crippen molar-refractivity contribution in [3.63, 3.8) is 0 Å². The molecule has 0 aliphatic heterocycles. The summed E-state index contributed by atoms with van der Waals surface area (Å²) < 4.78 is 6.81. The monoisotopic (exact) mass is 304 g/mol. The van der Waals surface area contributed by atoms with Gasteiger partial charge in [-0.25, -0.2) is 4.98 Å². The van der Waals surface area contributed by atoms with Gasteiger partial charge in [0, 0.05) is 24.0 Å². The topological polar surface area (TPSA) is 72.4 Å². The number of anilines is 1. The highest BCUT2D eigenvalue weighted by Crippen LogP contribution is 2.27. The number of carbonyl (C=O) groups is 1. The molecule has 0 radical (unpaired) electrons. The molecule has 0 saturated carbocycles. The molecule has 0 saturated heterocycles. The Labute approximate surface area is 131 Å². The number of nitrogens with one attached hydrogen (secondary N) is 1. The second-order valence-electron chi connectivity index (χ2n) is 4.97. The van der Waals surface area contributed by atoms with Gasteiger partial charge in [0.05, 0.1) is 17.6 Å². The van der Waals surface area contributed by atoms with Gasteiger partial charge in [-0.2, -0.15) is 0 Å². The van der Waals surface area contributed by atoms with Crippen LogP contribution in [0.15, 0.2) is 71.6 Å². The van der Waals surface area contributed by atoms with Crippen LogP contribution in [0.1, 0.15) is 10.6 Å². The summed E-state index contributed by atoms with van der Waals surface area (Å²) in [6, 6.07) is 14.8. The Morgan fingerprint density at radius 1 is 1.09 bits per heavy atom. The first-order chi connectivity index (χ1) is 11.3. The van der Waals surface area contributed by atoms with Crippen molar-refractivity contribution in [3.05, 3.63) is 72.9 Å². The predicted molar refractivity (Wildman–Crippen MR) is 85.1 cm³/mol. The maximum Gasteiger partial charge on any atom is 0.294 e. The van der Waals surface area contributed by atoms with Gasteiger partial charge >= 0.3 is 0 Å². The molecule has 0 unspecified atom stereocenters. The summed E-state index contributed by atoms with van der Waals surface area (Å²) in [4.78, 5) is 16.7. The van der Waals surface area contributed by atoms with Crippen molar-refractivity contribution in [1.82, 2.24) is 14.5 Å². The van der Waals surface area contributed by atoms with Gasteiger partial charge in [-0.15, -0.1) is 0 Å². The molecule has 0 spiro atoms. The third-order valence-corrected chi connectivity index (χ3v) is 3.48. The van der Waals surface area contributed by atoms with Gasteiger partial charge in [0.2, 0.25) is 5.76 Å². The zero-order valence-corrected chi connectivity index (χ0v) is 12.0. The Kier molecular flexibility index (Phi) is 3.12. The Hall–Kier alpha value is -3.41. The molecule has 4 aromatic rings. The van der Waals surface area contributed by atoms with Gasteiger partial charge < -0.3 is 14.2 Å². The van der Waals surface area contributed by atoms with Crippen molar-refractivity contribution in [2.75, 3.05) is 5.32 Å². The lowest BCUT2D eigenvalue weighted by Crippen LogP contribution is -2.11. The molecule has 6 nitrogen and oxygen atoms in total. The van der Waals surface area contributed by atoms with Crippen molar-refractivity contribution in [1.29, 1.82) is 0 Å². The van der Waals surface area contributed by atoms with Crippen LogP contribution in [-0.2, 0) is 0 Å². The number of para-hydroxylation sites is 1. The van der Waals surface area contributed by atoms with Crippen LogP contribution in [0, 0.1) is 0 Å². The third-order valence-electron chi connectivity index (χ3n) is 3.48. The van der Waals surface area contributed by atoms with Crippen LogP contribution < -0.4 is 5.32 Å². The van der Waals surface area contributed by atoms with Gasteiger partial charge in [0.15, 0.2) is 0 Å². The number of fused-ring (bicyclic) bond motifs is 1. The molecule has 0 atom stereocenters. The molecule has 1 aromatic carbocycles. The SMILES string of the molecule is O=C(Nc1ccccc1-c1cn2ccccc2n1)c1ccno1. The molecule has 1 N–H and O–H groups in total. The van der Waals surface area contributed by atoms with Crippen LogP contribution in [0.2, 0.25) is 0 Å². The number of carbonyl (C=O) groups excluding carboxylic acids is 1. The molecule has 3 aromatic heterocycles. The van der Waals surface area contributed by atoms with Gasteiger partial charge in [-0.3, -0.25) is 4.79 Å². The lowest BCUT2D eigenvalue weighted by molar-refractivity contribution is 0.0988. The average Bonchev–Trinajstić information content (AvgIpc) is 3.25. The van der Waals surface area contributed by atoms with E-state index in [9.17, 15) is 4.79 Å². The highest BCUT2D eigenvalue weighted by atomic mass is 16.5. The van der Waals surface area contributed by atoms with Gasteiger partial charge in [0.25, 0.3) is 5.91 Å². The van der Waals surface area contributed by atoms with Crippen molar-refractivity contribution >= 4 is 17.2 Å². The number of imidazole rings is 1. The van der Waals surface area contributed by atoms with Crippen LogP contribution >= 0.6 is 0 Å². The van der Waals surface area contributed by atoms with E-state index in [1.165, 1.54) is 12.3 Å². The van der Waals surface area contributed by atoms with Gasteiger partial charge in [-0.05, 0) is 18.2 Å². The second-order valence-corrected chi connectivity index (χ2v) is 4.97. The van der Waals surface area contributed by atoms with E-state index in [0.717, 1.165) is 16.9 Å². The lowest BCUT2D eigenvalue weighted by Gasteiger charge is -2.07. The summed E-state index contributed by atoms with van der Waals surface area (Å²) >= 11 is 0. The highest BCUT2D eigenvalue weighted by molar-refractivity contribution is 6.04. The van der Waals surface area contributed by atoms with Crippen molar-refractivity contribution in [3.8, 4) is 11.3 Å². The standard InChI is InChI=1S/C17H12N4O2/c22-17(15-8-9-18-23-15)20-13-6-2-1-5-12(13)14-11-21-10-4-3-7-16(21)19-14/h1-11H,(H,20,22). The Bertz CT molecular complexity index is 940. The molecular formula is C17H12N4O2. The molecule has 6 heteroatoms. The molecule has 0 fully saturated rings. The first kappa shape index (κ1) is 13.3. The van der Waals surface area contributed by atoms with E-state index in [0.29, 0.717) is 5.69 Å². The fraction of sp³-hybridized carbons (Fsp3) is 0. The minimum Gasteiger partial charge on any atom is -0.351 e. The van der Waals surface area contributed by atoms with E-state index in [1.807, 2.05) is 59.3 Å². The minimum atomic E-state index is -0.348. The zero-order chi connectivity index (χ0) is 15.6. The first-order valence-corrected chi connectivity index (χ1v) is 7.06. The number of benzene rings is 1. The summed E-state index contributed by atoms with van der Waals surface area (Å²) in [6.45, 7) is 0. The molecule has 0 aliphatic rings. The zero-order valence-electron chi connectivity index (χ0n) is 12.0. The lowest BCUT2D eigenvalue weighted by atomic mass is 10.1. The number of rotatable bonds is 3. The molecule has 0 bridgehead atoms. The number of hydrogen-bond donors (Lipinski definition) is 1. The molecule has 4 rings (SSSR count). The normalized spacial score (nSPS) is 10.8. The summed E-state index contributed by atoms with van der Waals surface area (Å²) in [6.07, 6.45) is 5.29. The summed E-state index contributed by atoms with van der Waals surface area (Å²) in [5, 5.41) is 6.38. The summed E-state index contributed by atoms with van der Waals surface area (Å²) in [5.74, 6) is -0.187. The van der Waals surface area contributed by atoms with E-state index in [1.54, 1.807) is 0 Å². The maximum absolute atomic E-state index is 12.2. The van der Waals surface area contributed by atoms with E-state index >= 15 is 0 Å². The van der Waals surface area contributed by atoms with Crippen LogP contribution in [0.3, 0.4) is 0 Å². The third kappa shape index (κ3) is 2.46.